The number of phenolic OH excluding ortho intramolecular Hbond substituents is 1. The molecular formula is C20H27NO7. The zero-order valence-electron chi connectivity index (χ0n) is 16.1. The maximum atomic E-state index is 12.4. The second-order valence-corrected chi connectivity index (χ2v) is 7.75. The van der Waals surface area contributed by atoms with Gasteiger partial charge in [0.05, 0.1) is 18.8 Å². The van der Waals surface area contributed by atoms with Crippen molar-refractivity contribution < 1.29 is 34.4 Å². The Morgan fingerprint density at radius 2 is 1.96 bits per heavy atom. The highest BCUT2D eigenvalue weighted by Gasteiger charge is 2.47. The van der Waals surface area contributed by atoms with Gasteiger partial charge in [-0.15, -0.1) is 0 Å². The summed E-state index contributed by atoms with van der Waals surface area (Å²) in [6.45, 7) is 4.20. The van der Waals surface area contributed by atoms with Gasteiger partial charge in [-0.05, 0) is 45.4 Å². The van der Waals surface area contributed by atoms with E-state index in [4.69, 9.17) is 9.47 Å². The number of benzene rings is 1. The van der Waals surface area contributed by atoms with Crippen LogP contribution in [0.4, 0.5) is 0 Å². The van der Waals surface area contributed by atoms with Crippen LogP contribution in [0, 0.1) is 5.92 Å². The van der Waals surface area contributed by atoms with Gasteiger partial charge in [0.25, 0.3) is 0 Å². The first-order chi connectivity index (χ1) is 13.2. The van der Waals surface area contributed by atoms with Crippen molar-refractivity contribution in [1.29, 1.82) is 0 Å². The second-order valence-electron chi connectivity index (χ2n) is 7.75. The monoisotopic (exact) mass is 393 g/mol. The molecule has 0 saturated carbocycles. The predicted octanol–water partition coefficient (Wildman–Crippen LogP) is 0.687. The SMILES string of the molecule is C[C@@H](O)[C@](C)(O)C(=O)OC[C@H]1CCN2CC[C@@H](OC(=O)c3ccccc3O)C12. The summed E-state index contributed by atoms with van der Waals surface area (Å²) in [6.07, 6.45) is -0.173. The van der Waals surface area contributed by atoms with Crippen LogP contribution in [0.15, 0.2) is 24.3 Å². The smallest absolute Gasteiger partial charge is 0.342 e. The zero-order chi connectivity index (χ0) is 20.5. The van der Waals surface area contributed by atoms with Crippen LogP contribution in [-0.4, -0.2) is 75.7 Å². The number of para-hydroxylation sites is 1. The second kappa shape index (κ2) is 8.06. The van der Waals surface area contributed by atoms with Gasteiger partial charge in [-0.3, -0.25) is 4.90 Å². The normalized spacial score (nSPS) is 27.6. The molecule has 2 saturated heterocycles. The van der Waals surface area contributed by atoms with Crippen LogP contribution in [0.2, 0.25) is 0 Å². The number of aromatic hydroxyl groups is 1. The molecule has 0 aromatic heterocycles. The topological polar surface area (TPSA) is 117 Å². The molecule has 154 valence electrons. The van der Waals surface area contributed by atoms with Crippen LogP contribution in [0.5, 0.6) is 5.75 Å². The molecule has 8 heteroatoms. The number of hydrogen-bond donors (Lipinski definition) is 3. The summed E-state index contributed by atoms with van der Waals surface area (Å²) in [5, 5.41) is 29.4. The third kappa shape index (κ3) is 3.99. The van der Waals surface area contributed by atoms with Crippen molar-refractivity contribution in [2.24, 2.45) is 5.92 Å². The van der Waals surface area contributed by atoms with Gasteiger partial charge in [-0.1, -0.05) is 12.1 Å². The molecule has 2 heterocycles. The van der Waals surface area contributed by atoms with Gasteiger partial charge in [-0.2, -0.15) is 0 Å². The maximum Gasteiger partial charge on any atom is 0.342 e. The standard InChI is InChI=1S/C20H27NO7/c1-12(22)20(2,26)19(25)27-11-13-7-9-21-10-8-16(17(13)21)28-18(24)14-5-3-4-6-15(14)23/h3-6,12-13,16-17,22-23,26H,7-11H2,1-2H3/t12-,13-,16-,17?,20+/m1/s1. The molecule has 1 unspecified atom stereocenters. The number of aliphatic hydroxyl groups is 2. The lowest BCUT2D eigenvalue weighted by molar-refractivity contribution is -0.175. The molecule has 0 amide bonds. The van der Waals surface area contributed by atoms with E-state index in [-0.39, 0.29) is 36.0 Å². The first kappa shape index (κ1) is 20.6. The highest BCUT2D eigenvalue weighted by molar-refractivity contribution is 5.92. The number of hydrogen-bond acceptors (Lipinski definition) is 8. The molecule has 2 fully saturated rings. The summed E-state index contributed by atoms with van der Waals surface area (Å²) < 4.78 is 10.9. The first-order valence-electron chi connectivity index (χ1n) is 9.52. The Labute approximate surface area is 163 Å². The minimum atomic E-state index is -1.97. The Bertz CT molecular complexity index is 733. The highest BCUT2D eigenvalue weighted by atomic mass is 16.6. The van der Waals surface area contributed by atoms with E-state index >= 15 is 0 Å². The summed E-state index contributed by atoms with van der Waals surface area (Å²) >= 11 is 0. The molecule has 3 N–H and O–H groups in total. The summed E-state index contributed by atoms with van der Waals surface area (Å²) in [5.74, 6) is -1.62. The Balaban J connectivity index is 1.62. The number of ether oxygens (including phenoxy) is 2. The summed E-state index contributed by atoms with van der Waals surface area (Å²) in [7, 11) is 0. The van der Waals surface area contributed by atoms with Gasteiger partial charge in [0.1, 0.15) is 17.4 Å². The van der Waals surface area contributed by atoms with E-state index in [1.165, 1.54) is 26.0 Å². The van der Waals surface area contributed by atoms with Crippen LogP contribution in [0.3, 0.4) is 0 Å². The van der Waals surface area contributed by atoms with E-state index in [9.17, 15) is 24.9 Å². The van der Waals surface area contributed by atoms with E-state index in [0.717, 1.165) is 19.5 Å². The quantitative estimate of drug-likeness (QED) is 0.605. The number of esters is 2. The van der Waals surface area contributed by atoms with E-state index in [1.54, 1.807) is 12.1 Å². The van der Waals surface area contributed by atoms with Gasteiger partial charge >= 0.3 is 11.9 Å². The molecule has 2 aliphatic heterocycles. The summed E-state index contributed by atoms with van der Waals surface area (Å²) in [4.78, 5) is 26.7. The average molecular weight is 393 g/mol. The van der Waals surface area contributed by atoms with E-state index in [2.05, 4.69) is 4.90 Å². The van der Waals surface area contributed by atoms with Gasteiger partial charge < -0.3 is 24.8 Å². The number of carbonyl (C=O) groups is 2. The third-order valence-corrected chi connectivity index (χ3v) is 5.81. The molecule has 8 nitrogen and oxygen atoms in total. The molecule has 1 aromatic carbocycles. The number of carbonyl (C=O) groups excluding carboxylic acids is 2. The van der Waals surface area contributed by atoms with Gasteiger partial charge in [-0.25, -0.2) is 9.59 Å². The molecular weight excluding hydrogens is 366 g/mol. The fraction of sp³-hybridized carbons (Fsp3) is 0.600. The van der Waals surface area contributed by atoms with Crippen molar-refractivity contribution in [3.05, 3.63) is 29.8 Å². The minimum Gasteiger partial charge on any atom is -0.507 e. The predicted molar refractivity (Wildman–Crippen MR) is 98.7 cm³/mol. The van der Waals surface area contributed by atoms with Crippen molar-refractivity contribution in [2.45, 2.75) is 50.5 Å². The Hall–Kier alpha value is -2.16. The largest absolute Gasteiger partial charge is 0.507 e. The molecule has 2 aliphatic rings. The highest BCUT2D eigenvalue weighted by Crippen LogP contribution is 2.36. The van der Waals surface area contributed by atoms with Crippen molar-refractivity contribution in [2.75, 3.05) is 19.7 Å². The Morgan fingerprint density at radius 3 is 2.64 bits per heavy atom. The number of rotatable bonds is 6. The lowest BCUT2D eigenvalue weighted by Crippen LogP contribution is -2.47. The van der Waals surface area contributed by atoms with Crippen molar-refractivity contribution in [3.8, 4) is 5.75 Å². The maximum absolute atomic E-state index is 12.4. The summed E-state index contributed by atoms with van der Waals surface area (Å²) in [5.41, 5.74) is -1.85. The molecule has 0 bridgehead atoms. The van der Waals surface area contributed by atoms with Crippen LogP contribution in [-0.2, 0) is 14.3 Å². The Morgan fingerprint density at radius 1 is 1.29 bits per heavy atom. The van der Waals surface area contributed by atoms with Crippen LogP contribution in [0.25, 0.3) is 0 Å². The van der Waals surface area contributed by atoms with Crippen molar-refractivity contribution in [1.82, 2.24) is 4.90 Å². The number of aliphatic hydroxyl groups excluding tert-OH is 1. The van der Waals surface area contributed by atoms with Gasteiger partial charge in [0, 0.05) is 12.5 Å². The molecule has 0 spiro atoms. The minimum absolute atomic E-state index is 0.0431. The third-order valence-electron chi connectivity index (χ3n) is 5.81. The van der Waals surface area contributed by atoms with E-state index in [1.807, 2.05) is 0 Å². The molecule has 1 aromatic rings. The summed E-state index contributed by atoms with van der Waals surface area (Å²) in [6, 6.07) is 6.15. The van der Waals surface area contributed by atoms with E-state index < -0.39 is 23.6 Å². The number of phenols is 1. The number of fused-ring (bicyclic) bond motifs is 1. The fourth-order valence-corrected chi connectivity index (χ4v) is 3.87. The molecule has 0 aliphatic carbocycles. The van der Waals surface area contributed by atoms with Gasteiger partial charge in [0.15, 0.2) is 5.60 Å². The van der Waals surface area contributed by atoms with Crippen molar-refractivity contribution in [3.63, 3.8) is 0 Å². The number of nitrogens with zero attached hydrogens (tertiary/aromatic N) is 1. The molecule has 3 rings (SSSR count). The zero-order valence-corrected chi connectivity index (χ0v) is 16.1. The lowest BCUT2D eigenvalue weighted by atomic mass is 9.96. The van der Waals surface area contributed by atoms with Crippen LogP contribution >= 0.6 is 0 Å². The average Bonchev–Trinajstić information content (AvgIpc) is 3.23. The first-order valence-corrected chi connectivity index (χ1v) is 9.52. The van der Waals surface area contributed by atoms with Crippen LogP contribution < -0.4 is 0 Å². The fourth-order valence-electron chi connectivity index (χ4n) is 3.87. The van der Waals surface area contributed by atoms with Gasteiger partial charge in [0.2, 0.25) is 0 Å². The van der Waals surface area contributed by atoms with Crippen molar-refractivity contribution >= 4 is 11.9 Å². The molecule has 28 heavy (non-hydrogen) atoms. The van der Waals surface area contributed by atoms with Crippen LogP contribution in [0.1, 0.15) is 37.0 Å². The van der Waals surface area contributed by atoms with E-state index in [0.29, 0.717) is 6.42 Å². The molecule has 0 radical (unpaired) electrons. The molecule has 5 atom stereocenters. The lowest BCUT2D eigenvalue weighted by Gasteiger charge is -2.28. The Kier molecular flexibility index (Phi) is 5.92.